The van der Waals surface area contributed by atoms with Crippen LogP contribution in [-0.2, 0) is 0 Å². The summed E-state index contributed by atoms with van der Waals surface area (Å²) < 4.78 is 15.7. The van der Waals surface area contributed by atoms with E-state index in [0.29, 0.717) is 28.0 Å². The average molecular weight is 429 g/mol. The van der Waals surface area contributed by atoms with E-state index < -0.39 is 11.8 Å². The maximum atomic E-state index is 14.7. The molecule has 2 N–H and O–H groups in total. The third-order valence-electron chi connectivity index (χ3n) is 3.28. The first-order valence-electron chi connectivity index (χ1n) is 6.33. The molecule has 0 saturated heterocycles. The van der Waals surface area contributed by atoms with Crippen LogP contribution in [0.4, 0.5) is 21.5 Å². The largest absolute Gasteiger partial charge is 0.478 e. The van der Waals surface area contributed by atoms with Gasteiger partial charge in [0.1, 0.15) is 0 Å². The molecule has 0 aromatic heterocycles. The van der Waals surface area contributed by atoms with Crippen LogP contribution in [0.3, 0.4) is 0 Å². The van der Waals surface area contributed by atoms with Crippen LogP contribution in [0.15, 0.2) is 34.2 Å². The molecule has 0 atom stereocenters. The highest BCUT2D eigenvalue weighted by Gasteiger charge is 2.23. The third kappa shape index (κ3) is 2.70. The first-order valence-corrected chi connectivity index (χ1v) is 8.38. The zero-order valence-corrected chi connectivity index (χ0v) is 14.4. The van der Waals surface area contributed by atoms with Gasteiger partial charge in [-0.05, 0) is 59.3 Å². The SMILES string of the molecule is Cc1cc(I)ccc1Nc1c(C(=O)O)cc2c(c1F)[SH]C=N2. The van der Waals surface area contributed by atoms with Gasteiger partial charge in [0.2, 0.25) is 0 Å². The molecule has 2 aromatic carbocycles. The van der Waals surface area contributed by atoms with Gasteiger partial charge in [0.05, 0.1) is 27.4 Å². The number of thiol groups is 1. The van der Waals surface area contributed by atoms with Crippen molar-refractivity contribution in [2.75, 3.05) is 5.32 Å². The van der Waals surface area contributed by atoms with E-state index in [-0.39, 0.29) is 11.3 Å². The van der Waals surface area contributed by atoms with E-state index in [9.17, 15) is 14.3 Å². The Morgan fingerprint density at radius 1 is 1.41 bits per heavy atom. The first kappa shape index (κ1) is 15.3. The van der Waals surface area contributed by atoms with Crippen LogP contribution in [0.1, 0.15) is 15.9 Å². The highest BCUT2D eigenvalue weighted by molar-refractivity contribution is 14.1. The van der Waals surface area contributed by atoms with Gasteiger partial charge in [0, 0.05) is 9.26 Å². The number of benzene rings is 2. The summed E-state index contributed by atoms with van der Waals surface area (Å²) in [6, 6.07) is 7.03. The molecule has 1 heterocycles. The fraction of sp³-hybridized carbons (Fsp3) is 0.0667. The number of halogens is 2. The van der Waals surface area contributed by atoms with Crippen LogP contribution in [0.2, 0.25) is 0 Å². The van der Waals surface area contributed by atoms with Crippen molar-refractivity contribution in [3.63, 3.8) is 0 Å². The van der Waals surface area contributed by atoms with Crippen LogP contribution < -0.4 is 5.32 Å². The second kappa shape index (κ2) is 5.88. The number of carboxylic acids is 1. The number of nitrogens with zero attached hydrogens (tertiary/aromatic N) is 1. The second-order valence-corrected chi connectivity index (χ2v) is 6.93. The van der Waals surface area contributed by atoms with Gasteiger partial charge in [0.15, 0.2) is 5.82 Å². The lowest BCUT2D eigenvalue weighted by Crippen LogP contribution is -2.06. The van der Waals surface area contributed by atoms with Gasteiger partial charge in [0.25, 0.3) is 0 Å². The van der Waals surface area contributed by atoms with Gasteiger partial charge in [-0.15, -0.1) is 11.8 Å². The lowest BCUT2D eigenvalue weighted by molar-refractivity contribution is 0.0697. The van der Waals surface area contributed by atoms with E-state index in [4.69, 9.17) is 0 Å². The van der Waals surface area contributed by atoms with Crippen molar-refractivity contribution in [3.8, 4) is 0 Å². The number of hydrogen-bond acceptors (Lipinski definition) is 3. The minimum absolute atomic E-state index is 0.0199. The predicted octanol–water partition coefficient (Wildman–Crippen LogP) is 4.68. The molecule has 1 radical (unpaired) electrons. The molecule has 4 nitrogen and oxygen atoms in total. The second-order valence-electron chi connectivity index (χ2n) is 4.74. The minimum atomic E-state index is -1.19. The van der Waals surface area contributed by atoms with Crippen molar-refractivity contribution in [1.29, 1.82) is 0 Å². The van der Waals surface area contributed by atoms with E-state index in [0.717, 1.165) is 9.13 Å². The molecule has 3 rings (SSSR count). The standard InChI is InChI=1S/C15H11FIN2O2S/c1-7-4-8(17)2-3-10(7)19-13-9(15(20)21)5-11-14(12(13)16)22-6-18-11/h2-6,19,22H,1H3,(H,20,21). The van der Waals surface area contributed by atoms with Gasteiger partial charge in [-0.25, -0.2) is 14.2 Å². The monoisotopic (exact) mass is 429 g/mol. The summed E-state index contributed by atoms with van der Waals surface area (Å²) >= 11 is 2.82. The Hall–Kier alpha value is -1.61. The average Bonchev–Trinajstić information content (AvgIpc) is 2.92. The summed E-state index contributed by atoms with van der Waals surface area (Å²) in [5.41, 5.74) is 3.38. The highest BCUT2D eigenvalue weighted by Crippen LogP contribution is 2.42. The zero-order chi connectivity index (χ0) is 15.9. The molecule has 22 heavy (non-hydrogen) atoms. The molecule has 7 heteroatoms. The van der Waals surface area contributed by atoms with Gasteiger partial charge in [-0.2, -0.15) is 0 Å². The van der Waals surface area contributed by atoms with Gasteiger partial charge < -0.3 is 10.4 Å². The number of aliphatic imine (C=N–C) groups is 1. The predicted molar refractivity (Wildman–Crippen MR) is 95.9 cm³/mol. The molecule has 0 spiro atoms. The molecular formula is C15H11FIN2O2S. The molecule has 0 unspecified atom stereocenters. The lowest BCUT2D eigenvalue weighted by Gasteiger charge is -2.15. The van der Waals surface area contributed by atoms with E-state index in [1.54, 1.807) is 5.55 Å². The number of nitrogens with one attached hydrogen (secondary N) is 1. The normalized spacial score (nSPS) is 12.3. The van der Waals surface area contributed by atoms with E-state index in [1.807, 2.05) is 25.1 Å². The molecule has 113 valence electrons. The van der Waals surface area contributed by atoms with Crippen molar-refractivity contribution >= 4 is 62.9 Å². The van der Waals surface area contributed by atoms with Gasteiger partial charge >= 0.3 is 5.97 Å². The highest BCUT2D eigenvalue weighted by atomic mass is 127. The molecule has 1 aliphatic rings. The summed E-state index contributed by atoms with van der Waals surface area (Å²) in [6.45, 7) is 1.89. The maximum absolute atomic E-state index is 14.7. The molecule has 1 aliphatic heterocycles. The smallest absolute Gasteiger partial charge is 0.338 e. The minimum Gasteiger partial charge on any atom is -0.478 e. The fourth-order valence-corrected chi connectivity index (χ4v) is 3.61. The molecule has 0 fully saturated rings. The number of carboxylic acid groups (broad SMARTS) is 1. The van der Waals surface area contributed by atoms with Crippen LogP contribution in [0.5, 0.6) is 0 Å². The molecule has 0 amide bonds. The van der Waals surface area contributed by atoms with E-state index >= 15 is 0 Å². The Morgan fingerprint density at radius 3 is 2.86 bits per heavy atom. The Bertz CT molecular complexity index is 824. The Kier molecular flexibility index (Phi) is 4.09. The summed E-state index contributed by atoms with van der Waals surface area (Å²) in [4.78, 5) is 15.9. The van der Waals surface area contributed by atoms with Crippen LogP contribution in [0, 0.1) is 16.3 Å². The van der Waals surface area contributed by atoms with Gasteiger partial charge in [-0.1, -0.05) is 0 Å². The number of aryl methyl sites for hydroxylation is 1. The van der Waals surface area contributed by atoms with Crippen molar-refractivity contribution in [2.45, 2.75) is 11.8 Å². The van der Waals surface area contributed by atoms with Crippen LogP contribution in [-0.4, -0.2) is 16.6 Å². The zero-order valence-electron chi connectivity index (χ0n) is 11.4. The number of hydrogen-bond donors (Lipinski definition) is 3. The molecule has 0 saturated carbocycles. The number of rotatable bonds is 3. The van der Waals surface area contributed by atoms with Crippen molar-refractivity contribution in [3.05, 3.63) is 44.8 Å². The topological polar surface area (TPSA) is 61.7 Å². The van der Waals surface area contributed by atoms with Crippen LogP contribution >= 0.6 is 34.4 Å². The van der Waals surface area contributed by atoms with Crippen molar-refractivity contribution in [2.24, 2.45) is 4.99 Å². The summed E-state index contributed by atoms with van der Waals surface area (Å²) in [7, 11) is 0. The number of fused-ring (bicyclic) bond motifs is 1. The molecule has 2 aromatic rings. The summed E-state index contributed by atoms with van der Waals surface area (Å²) in [6.07, 6.45) is 0. The number of anilines is 2. The Morgan fingerprint density at radius 2 is 2.18 bits per heavy atom. The number of carbonyl (C=O) groups is 1. The van der Waals surface area contributed by atoms with Crippen molar-refractivity contribution < 1.29 is 14.3 Å². The Labute approximate surface area is 144 Å². The molecular weight excluding hydrogens is 418 g/mol. The molecule has 0 aliphatic carbocycles. The fourth-order valence-electron chi connectivity index (χ4n) is 2.19. The van der Waals surface area contributed by atoms with E-state index in [2.05, 4.69) is 32.9 Å². The van der Waals surface area contributed by atoms with E-state index in [1.165, 1.54) is 6.07 Å². The number of aromatic carboxylic acids is 1. The first-order chi connectivity index (χ1) is 10.5. The quantitative estimate of drug-likeness (QED) is 0.491. The Balaban J connectivity index is 2.12. The van der Waals surface area contributed by atoms with Gasteiger partial charge in [-0.3, -0.25) is 0 Å². The summed E-state index contributed by atoms with van der Waals surface area (Å²) in [5, 5.41) is 12.3. The molecule has 0 bridgehead atoms. The van der Waals surface area contributed by atoms with Crippen molar-refractivity contribution in [1.82, 2.24) is 0 Å². The summed E-state index contributed by atoms with van der Waals surface area (Å²) in [5.74, 6) is -1.75. The van der Waals surface area contributed by atoms with Crippen LogP contribution in [0.25, 0.3) is 0 Å². The third-order valence-corrected chi connectivity index (χ3v) is 4.87. The lowest BCUT2D eigenvalue weighted by atomic mass is 10.1. The maximum Gasteiger partial charge on any atom is 0.338 e.